The summed E-state index contributed by atoms with van der Waals surface area (Å²) in [6.07, 6.45) is 0. The van der Waals surface area contributed by atoms with Crippen molar-refractivity contribution in [3.05, 3.63) is 59.8 Å². The fourth-order valence-electron chi connectivity index (χ4n) is 2.75. The minimum atomic E-state index is 0.761. The second kappa shape index (κ2) is 6.79. The van der Waals surface area contributed by atoms with Crippen LogP contribution in [0.3, 0.4) is 0 Å². The largest absolute Gasteiger partial charge is 0.497 e. The van der Waals surface area contributed by atoms with Gasteiger partial charge < -0.3 is 15.0 Å². The number of aryl methyl sites for hydroxylation is 1. The number of aromatic nitrogens is 1. The molecule has 24 heavy (non-hydrogen) atoms. The van der Waals surface area contributed by atoms with Gasteiger partial charge >= 0.3 is 0 Å². The van der Waals surface area contributed by atoms with E-state index in [1.54, 1.807) is 7.11 Å². The molecule has 0 amide bonds. The van der Waals surface area contributed by atoms with E-state index in [0.717, 1.165) is 34.6 Å². The molecule has 0 aliphatic rings. The second-order valence-electron chi connectivity index (χ2n) is 6.11. The van der Waals surface area contributed by atoms with Crippen molar-refractivity contribution in [1.29, 1.82) is 0 Å². The third-order valence-electron chi connectivity index (χ3n) is 4.05. The normalized spacial score (nSPS) is 10.7. The number of nitrogens with zero attached hydrogens (tertiary/aromatic N) is 2. The van der Waals surface area contributed by atoms with Crippen LogP contribution in [0.25, 0.3) is 10.9 Å². The van der Waals surface area contributed by atoms with Crippen LogP contribution in [0.2, 0.25) is 0 Å². The van der Waals surface area contributed by atoms with Gasteiger partial charge in [0.15, 0.2) is 0 Å². The maximum absolute atomic E-state index is 5.35. The molecular weight excluding hydrogens is 298 g/mol. The highest BCUT2D eigenvalue weighted by atomic mass is 16.5. The molecule has 0 saturated heterocycles. The lowest BCUT2D eigenvalue weighted by atomic mass is 10.1. The van der Waals surface area contributed by atoms with Crippen LogP contribution in [0.15, 0.2) is 48.5 Å². The van der Waals surface area contributed by atoms with Gasteiger partial charge in [-0.1, -0.05) is 12.1 Å². The Morgan fingerprint density at radius 1 is 1.08 bits per heavy atom. The van der Waals surface area contributed by atoms with E-state index in [0.29, 0.717) is 0 Å². The Balaban J connectivity index is 1.90. The van der Waals surface area contributed by atoms with Gasteiger partial charge in [-0.3, -0.25) is 4.98 Å². The first-order chi connectivity index (χ1) is 11.6. The zero-order valence-corrected chi connectivity index (χ0v) is 14.6. The van der Waals surface area contributed by atoms with E-state index in [2.05, 4.69) is 59.6 Å². The molecule has 3 rings (SSSR count). The molecule has 0 fully saturated rings. The Hall–Kier alpha value is -2.75. The number of ether oxygens (including phenoxy) is 1. The summed E-state index contributed by atoms with van der Waals surface area (Å²) < 4.78 is 5.35. The summed E-state index contributed by atoms with van der Waals surface area (Å²) >= 11 is 0. The number of fused-ring (bicyclic) bond motifs is 1. The fourth-order valence-corrected chi connectivity index (χ4v) is 2.75. The maximum Gasteiger partial charge on any atom is 0.119 e. The number of hydrogen-bond donors (Lipinski definition) is 1. The Morgan fingerprint density at radius 2 is 1.92 bits per heavy atom. The lowest BCUT2D eigenvalue weighted by molar-refractivity contribution is 0.415. The van der Waals surface area contributed by atoms with Crippen LogP contribution in [-0.2, 0) is 6.54 Å². The van der Waals surface area contributed by atoms with Crippen molar-refractivity contribution in [2.24, 2.45) is 0 Å². The highest BCUT2D eigenvalue weighted by molar-refractivity contribution is 5.92. The molecule has 1 N–H and O–H groups in total. The zero-order chi connectivity index (χ0) is 17.1. The molecule has 124 valence electrons. The molecule has 4 heteroatoms. The van der Waals surface area contributed by atoms with Crippen molar-refractivity contribution in [1.82, 2.24) is 4.98 Å². The Morgan fingerprint density at radius 3 is 2.67 bits per heavy atom. The van der Waals surface area contributed by atoms with E-state index in [1.807, 2.05) is 25.1 Å². The SMILES string of the molecule is COc1ccc2nc(C)cc(NCc3cccc(N(C)C)c3)c2c1. The van der Waals surface area contributed by atoms with Crippen molar-refractivity contribution in [3.8, 4) is 5.75 Å². The first-order valence-corrected chi connectivity index (χ1v) is 8.02. The average Bonchev–Trinajstić information content (AvgIpc) is 2.59. The van der Waals surface area contributed by atoms with E-state index in [1.165, 1.54) is 11.3 Å². The number of hydrogen-bond acceptors (Lipinski definition) is 4. The Bertz CT molecular complexity index is 859. The summed E-state index contributed by atoms with van der Waals surface area (Å²) in [4.78, 5) is 6.71. The molecule has 1 aromatic heterocycles. The van der Waals surface area contributed by atoms with Crippen LogP contribution < -0.4 is 15.0 Å². The summed E-state index contributed by atoms with van der Waals surface area (Å²) in [6, 6.07) is 16.6. The molecular formula is C20H23N3O. The first-order valence-electron chi connectivity index (χ1n) is 8.02. The monoisotopic (exact) mass is 321 g/mol. The third-order valence-corrected chi connectivity index (χ3v) is 4.05. The molecule has 0 saturated carbocycles. The van der Waals surface area contributed by atoms with Gasteiger partial charge in [0.1, 0.15) is 5.75 Å². The molecule has 4 nitrogen and oxygen atoms in total. The fraction of sp³-hybridized carbons (Fsp3) is 0.250. The molecule has 0 aliphatic carbocycles. The van der Waals surface area contributed by atoms with E-state index in [4.69, 9.17) is 4.74 Å². The quantitative estimate of drug-likeness (QED) is 0.763. The van der Waals surface area contributed by atoms with Gasteiger partial charge in [-0.05, 0) is 48.9 Å². The van der Waals surface area contributed by atoms with E-state index in [9.17, 15) is 0 Å². The van der Waals surface area contributed by atoms with Gasteiger partial charge in [0.2, 0.25) is 0 Å². The molecule has 0 bridgehead atoms. The molecule has 0 unspecified atom stereocenters. The number of anilines is 2. The van der Waals surface area contributed by atoms with Gasteiger partial charge in [0, 0.05) is 43.1 Å². The van der Waals surface area contributed by atoms with Crippen molar-refractivity contribution >= 4 is 22.3 Å². The molecule has 3 aromatic rings. The van der Waals surface area contributed by atoms with Crippen molar-refractivity contribution in [3.63, 3.8) is 0 Å². The number of benzene rings is 2. The van der Waals surface area contributed by atoms with Crippen LogP contribution in [0.5, 0.6) is 5.75 Å². The van der Waals surface area contributed by atoms with Gasteiger partial charge in [-0.25, -0.2) is 0 Å². The van der Waals surface area contributed by atoms with Crippen LogP contribution in [0.4, 0.5) is 11.4 Å². The van der Waals surface area contributed by atoms with Gasteiger partial charge in [0.05, 0.1) is 12.6 Å². The zero-order valence-electron chi connectivity index (χ0n) is 14.6. The maximum atomic E-state index is 5.35. The predicted octanol–water partition coefficient (Wildman–Crippen LogP) is 4.23. The number of rotatable bonds is 5. The molecule has 0 radical (unpaired) electrons. The predicted molar refractivity (Wildman–Crippen MR) is 101 cm³/mol. The van der Waals surface area contributed by atoms with Crippen LogP contribution in [0, 0.1) is 6.92 Å². The Kier molecular flexibility index (Phi) is 4.56. The van der Waals surface area contributed by atoms with Crippen LogP contribution in [-0.4, -0.2) is 26.2 Å². The van der Waals surface area contributed by atoms with E-state index in [-0.39, 0.29) is 0 Å². The summed E-state index contributed by atoms with van der Waals surface area (Å²) in [5.41, 5.74) is 5.49. The topological polar surface area (TPSA) is 37.4 Å². The third kappa shape index (κ3) is 3.43. The van der Waals surface area contributed by atoms with Crippen molar-refractivity contribution < 1.29 is 4.74 Å². The number of pyridine rings is 1. The summed E-state index contributed by atoms with van der Waals surface area (Å²) in [7, 11) is 5.79. The molecule has 0 spiro atoms. The highest BCUT2D eigenvalue weighted by Crippen LogP contribution is 2.27. The summed E-state index contributed by atoms with van der Waals surface area (Å²) in [5.74, 6) is 0.839. The van der Waals surface area contributed by atoms with Crippen LogP contribution >= 0.6 is 0 Å². The highest BCUT2D eigenvalue weighted by Gasteiger charge is 2.06. The van der Waals surface area contributed by atoms with Crippen molar-refractivity contribution in [2.75, 3.05) is 31.4 Å². The molecule has 2 aromatic carbocycles. The van der Waals surface area contributed by atoms with Crippen molar-refractivity contribution in [2.45, 2.75) is 13.5 Å². The lowest BCUT2D eigenvalue weighted by Gasteiger charge is -2.15. The molecule has 0 atom stereocenters. The average molecular weight is 321 g/mol. The Labute approximate surface area is 143 Å². The van der Waals surface area contributed by atoms with E-state index >= 15 is 0 Å². The summed E-state index contributed by atoms with van der Waals surface area (Å²) in [5, 5.41) is 4.62. The van der Waals surface area contributed by atoms with Gasteiger partial charge in [0.25, 0.3) is 0 Å². The first kappa shape index (κ1) is 16.1. The van der Waals surface area contributed by atoms with Crippen LogP contribution in [0.1, 0.15) is 11.3 Å². The smallest absolute Gasteiger partial charge is 0.119 e. The standard InChI is InChI=1S/C20H23N3O/c1-14-10-20(18-12-17(24-4)8-9-19(18)22-14)21-13-15-6-5-7-16(11-15)23(2)3/h5-12H,13H2,1-4H3,(H,21,22). The van der Waals surface area contributed by atoms with Gasteiger partial charge in [-0.2, -0.15) is 0 Å². The molecule has 0 aliphatic heterocycles. The van der Waals surface area contributed by atoms with E-state index < -0.39 is 0 Å². The minimum absolute atomic E-state index is 0.761. The minimum Gasteiger partial charge on any atom is -0.497 e. The molecule has 1 heterocycles. The second-order valence-corrected chi connectivity index (χ2v) is 6.11. The number of nitrogens with one attached hydrogen (secondary N) is 1. The number of methoxy groups -OCH3 is 1. The van der Waals surface area contributed by atoms with Gasteiger partial charge in [-0.15, -0.1) is 0 Å². The lowest BCUT2D eigenvalue weighted by Crippen LogP contribution is -2.09. The summed E-state index contributed by atoms with van der Waals surface area (Å²) in [6.45, 7) is 2.78.